The summed E-state index contributed by atoms with van der Waals surface area (Å²) in [6, 6.07) is 5.59. The minimum atomic E-state index is -1.75. The smallest absolute Gasteiger partial charge is 0.270 e. The number of aromatic nitrogens is 1. The molecule has 0 spiro atoms. The van der Waals surface area contributed by atoms with Crippen LogP contribution in [0.2, 0.25) is 16.6 Å². The summed E-state index contributed by atoms with van der Waals surface area (Å²) in [4.78, 5) is 16.9. The summed E-state index contributed by atoms with van der Waals surface area (Å²) >= 11 is 0. The number of carbonyl (C=O) groups excluding carboxylic acids is 1. The molecule has 4 heteroatoms. The van der Waals surface area contributed by atoms with Crippen LogP contribution in [0.15, 0.2) is 24.4 Å². The van der Waals surface area contributed by atoms with E-state index in [0.29, 0.717) is 28.2 Å². The Morgan fingerprint density at radius 1 is 1.11 bits per heavy atom. The lowest BCUT2D eigenvalue weighted by Crippen LogP contribution is -2.45. The predicted molar refractivity (Wildman–Crippen MR) is 121 cm³/mol. The van der Waals surface area contributed by atoms with E-state index >= 15 is 0 Å². The van der Waals surface area contributed by atoms with Gasteiger partial charge in [-0.25, -0.2) is 0 Å². The van der Waals surface area contributed by atoms with Gasteiger partial charge in [-0.05, 0) is 53.9 Å². The molecule has 1 aliphatic carbocycles. The zero-order chi connectivity index (χ0) is 20.9. The molecule has 0 saturated heterocycles. The van der Waals surface area contributed by atoms with E-state index in [4.69, 9.17) is 0 Å². The molecule has 1 saturated carbocycles. The van der Waals surface area contributed by atoms with Gasteiger partial charge in [0.25, 0.3) is 5.91 Å². The highest BCUT2D eigenvalue weighted by Gasteiger charge is 2.42. The molecule has 28 heavy (non-hydrogen) atoms. The van der Waals surface area contributed by atoms with Crippen molar-refractivity contribution in [2.24, 2.45) is 11.8 Å². The van der Waals surface area contributed by atoms with Crippen molar-refractivity contribution >= 4 is 14.0 Å². The van der Waals surface area contributed by atoms with Gasteiger partial charge in [-0.1, -0.05) is 54.5 Å². The standard InChI is InChI=1S/C24H38N2OSi/c1-17(2)28(18(3)4,19(5)6)15-13-21-16-20(7)11-12-22(21)26-24(27)23-10-8-9-14-25-23/h8-10,14,17-22H,11-12,16H2,1-7H3,(H,26,27). The number of carbonyl (C=O) groups is 1. The second-order valence-electron chi connectivity index (χ2n) is 9.49. The number of rotatable bonds is 5. The molecular formula is C24H38N2OSi. The third-order valence-corrected chi connectivity index (χ3v) is 13.0. The Hall–Kier alpha value is -1.60. The van der Waals surface area contributed by atoms with E-state index in [2.05, 4.69) is 70.2 Å². The lowest BCUT2D eigenvalue weighted by atomic mass is 9.79. The van der Waals surface area contributed by atoms with Crippen molar-refractivity contribution in [3.63, 3.8) is 0 Å². The van der Waals surface area contributed by atoms with E-state index in [-0.39, 0.29) is 17.9 Å². The molecule has 0 bridgehead atoms. The van der Waals surface area contributed by atoms with Crippen molar-refractivity contribution in [3.8, 4) is 11.5 Å². The number of amides is 1. The second-order valence-corrected chi connectivity index (χ2v) is 15.1. The van der Waals surface area contributed by atoms with E-state index < -0.39 is 8.07 Å². The Morgan fingerprint density at radius 2 is 1.75 bits per heavy atom. The van der Waals surface area contributed by atoms with Gasteiger partial charge in [-0.2, -0.15) is 0 Å². The van der Waals surface area contributed by atoms with E-state index in [1.807, 2.05) is 12.1 Å². The fraction of sp³-hybridized carbons (Fsp3) is 0.667. The Kier molecular flexibility index (Phi) is 7.89. The summed E-state index contributed by atoms with van der Waals surface area (Å²) in [5, 5.41) is 3.24. The average Bonchev–Trinajstić information content (AvgIpc) is 2.64. The van der Waals surface area contributed by atoms with Crippen molar-refractivity contribution in [2.75, 3.05) is 0 Å². The molecule has 154 valence electrons. The molecule has 3 unspecified atom stereocenters. The Labute approximate surface area is 173 Å². The maximum absolute atomic E-state index is 12.7. The number of hydrogen-bond donors (Lipinski definition) is 1. The van der Waals surface area contributed by atoms with Gasteiger partial charge in [0.2, 0.25) is 0 Å². The van der Waals surface area contributed by atoms with Crippen molar-refractivity contribution in [1.82, 2.24) is 10.3 Å². The van der Waals surface area contributed by atoms with Gasteiger partial charge in [0.1, 0.15) is 13.8 Å². The SMILES string of the molecule is CC1CCC(NC(=O)c2ccccn2)C(C#C[Si](C(C)C)(C(C)C)C(C)C)C1. The van der Waals surface area contributed by atoms with Gasteiger partial charge >= 0.3 is 0 Å². The normalized spacial score (nSPS) is 22.9. The number of hydrogen-bond acceptors (Lipinski definition) is 2. The fourth-order valence-electron chi connectivity index (χ4n) is 5.10. The van der Waals surface area contributed by atoms with Crippen LogP contribution in [-0.4, -0.2) is 25.0 Å². The van der Waals surface area contributed by atoms with Crippen LogP contribution in [0, 0.1) is 23.3 Å². The molecule has 0 radical (unpaired) electrons. The molecule has 1 fully saturated rings. The minimum absolute atomic E-state index is 0.0768. The van der Waals surface area contributed by atoms with E-state index in [0.717, 1.165) is 19.3 Å². The van der Waals surface area contributed by atoms with Crippen molar-refractivity contribution in [2.45, 2.75) is 90.4 Å². The zero-order valence-corrected chi connectivity index (χ0v) is 19.8. The Balaban J connectivity index is 2.27. The molecule has 1 heterocycles. The quantitative estimate of drug-likeness (QED) is 0.500. The van der Waals surface area contributed by atoms with Gasteiger partial charge in [0.05, 0.1) is 0 Å². The number of nitrogens with one attached hydrogen (secondary N) is 1. The lowest BCUT2D eigenvalue weighted by Gasteiger charge is -2.39. The summed E-state index contributed by atoms with van der Waals surface area (Å²) in [6.45, 7) is 16.4. The van der Waals surface area contributed by atoms with Crippen LogP contribution in [0.4, 0.5) is 0 Å². The monoisotopic (exact) mass is 398 g/mol. The summed E-state index contributed by atoms with van der Waals surface area (Å²) in [6.07, 6.45) is 4.88. The predicted octanol–water partition coefficient (Wildman–Crippen LogP) is 5.84. The summed E-state index contributed by atoms with van der Waals surface area (Å²) in [5.41, 5.74) is 6.26. The number of nitrogens with zero attached hydrogens (tertiary/aromatic N) is 1. The van der Waals surface area contributed by atoms with E-state index in [9.17, 15) is 4.79 Å². The maximum Gasteiger partial charge on any atom is 0.270 e. The maximum atomic E-state index is 12.7. The molecule has 3 atom stereocenters. The minimum Gasteiger partial charge on any atom is -0.347 e. The molecule has 3 nitrogen and oxygen atoms in total. The van der Waals surface area contributed by atoms with Crippen LogP contribution >= 0.6 is 0 Å². The van der Waals surface area contributed by atoms with Crippen molar-refractivity contribution in [3.05, 3.63) is 30.1 Å². The highest BCUT2D eigenvalue weighted by molar-refractivity contribution is 6.90. The molecule has 1 aromatic rings. The van der Waals surface area contributed by atoms with Crippen molar-refractivity contribution < 1.29 is 4.79 Å². The fourth-order valence-corrected chi connectivity index (χ4v) is 10.4. The first kappa shape index (κ1) is 22.7. The molecule has 1 aliphatic rings. The first-order valence-electron chi connectivity index (χ1n) is 10.9. The summed E-state index contributed by atoms with van der Waals surface area (Å²) in [7, 11) is -1.75. The molecule has 1 amide bonds. The highest BCUT2D eigenvalue weighted by atomic mass is 28.3. The molecular weight excluding hydrogens is 360 g/mol. The molecule has 1 N–H and O–H groups in total. The van der Waals surface area contributed by atoms with Gasteiger partial charge in [-0.3, -0.25) is 9.78 Å². The third-order valence-electron chi connectivity index (χ3n) is 6.67. The third kappa shape index (κ3) is 5.06. The molecule has 1 aromatic heterocycles. The van der Waals surface area contributed by atoms with Crippen molar-refractivity contribution in [1.29, 1.82) is 0 Å². The Bertz CT molecular complexity index is 681. The van der Waals surface area contributed by atoms with E-state index in [1.54, 1.807) is 12.3 Å². The average molecular weight is 399 g/mol. The second kappa shape index (κ2) is 9.74. The summed E-state index contributed by atoms with van der Waals surface area (Å²) < 4.78 is 0. The van der Waals surface area contributed by atoms with Crippen LogP contribution in [0.25, 0.3) is 0 Å². The van der Waals surface area contributed by atoms with Gasteiger partial charge in [-0.15, -0.1) is 11.5 Å². The van der Waals surface area contributed by atoms with Crippen LogP contribution in [0.1, 0.15) is 78.2 Å². The van der Waals surface area contributed by atoms with Crippen LogP contribution < -0.4 is 5.32 Å². The van der Waals surface area contributed by atoms with Gasteiger partial charge in [0.15, 0.2) is 0 Å². The van der Waals surface area contributed by atoms with Crippen LogP contribution in [0.3, 0.4) is 0 Å². The van der Waals surface area contributed by atoms with Crippen LogP contribution in [0.5, 0.6) is 0 Å². The lowest BCUT2D eigenvalue weighted by molar-refractivity contribution is 0.0904. The van der Waals surface area contributed by atoms with E-state index in [1.165, 1.54) is 0 Å². The Morgan fingerprint density at radius 3 is 2.29 bits per heavy atom. The van der Waals surface area contributed by atoms with Gasteiger partial charge < -0.3 is 5.32 Å². The first-order chi connectivity index (χ1) is 13.2. The molecule has 2 rings (SSSR count). The summed E-state index contributed by atoms with van der Waals surface area (Å²) in [5.74, 6) is 4.54. The zero-order valence-electron chi connectivity index (χ0n) is 18.8. The van der Waals surface area contributed by atoms with Gasteiger partial charge in [0, 0.05) is 18.2 Å². The topological polar surface area (TPSA) is 42.0 Å². The largest absolute Gasteiger partial charge is 0.347 e. The van der Waals surface area contributed by atoms with Crippen LogP contribution in [-0.2, 0) is 0 Å². The molecule has 0 aromatic carbocycles. The first-order valence-corrected chi connectivity index (χ1v) is 13.2. The number of pyridine rings is 1. The molecule has 0 aliphatic heterocycles. The highest BCUT2D eigenvalue weighted by Crippen LogP contribution is 2.41.